The lowest BCUT2D eigenvalue weighted by Gasteiger charge is -2.15. The molecule has 1 aliphatic heterocycles. The number of rotatable bonds is 2. The topological polar surface area (TPSA) is 12.5 Å². The molecule has 0 aromatic rings. The van der Waals surface area contributed by atoms with Gasteiger partial charge in [0.25, 0.3) is 0 Å². The maximum absolute atomic E-state index is 5.49. The first kappa shape index (κ1) is 7.11. The highest BCUT2D eigenvalue weighted by atomic mass is 16.6. The van der Waals surface area contributed by atoms with E-state index in [1.165, 1.54) is 12.0 Å². The van der Waals surface area contributed by atoms with Crippen molar-refractivity contribution in [1.82, 2.24) is 0 Å². The Bertz CT molecular complexity index is 205. The lowest BCUT2D eigenvalue weighted by atomic mass is 9.87. The Balaban J connectivity index is 2.03. The van der Waals surface area contributed by atoms with Gasteiger partial charge in [0.05, 0.1) is 6.10 Å². The van der Waals surface area contributed by atoms with E-state index in [-0.39, 0.29) is 0 Å². The summed E-state index contributed by atoms with van der Waals surface area (Å²) in [5, 5.41) is 0. The van der Waals surface area contributed by atoms with Crippen molar-refractivity contribution in [3.05, 3.63) is 24.3 Å². The molecule has 1 fully saturated rings. The molecular formula is C10H14O. The molecule has 0 aromatic heterocycles. The van der Waals surface area contributed by atoms with E-state index in [0.29, 0.717) is 18.1 Å². The predicted molar refractivity (Wildman–Crippen MR) is 45.3 cm³/mol. The van der Waals surface area contributed by atoms with Crippen LogP contribution >= 0.6 is 0 Å². The van der Waals surface area contributed by atoms with Gasteiger partial charge in [0, 0.05) is 0 Å². The highest BCUT2D eigenvalue weighted by molar-refractivity contribution is 5.18. The van der Waals surface area contributed by atoms with Gasteiger partial charge in [-0.15, -0.1) is 6.58 Å². The lowest BCUT2D eigenvalue weighted by molar-refractivity contribution is 0.326. The average molecular weight is 150 g/mol. The van der Waals surface area contributed by atoms with Crippen molar-refractivity contribution in [3.8, 4) is 0 Å². The van der Waals surface area contributed by atoms with Gasteiger partial charge in [-0.1, -0.05) is 17.7 Å². The molecule has 2 rings (SSSR count). The smallest absolute Gasteiger partial charge is 0.103 e. The SMILES string of the molecule is C=CC[C@H]1CC(C)=C[C@H]2O[C@@H]12. The molecule has 0 unspecified atom stereocenters. The second-order valence-electron chi connectivity index (χ2n) is 3.57. The van der Waals surface area contributed by atoms with Crippen LogP contribution in [0.1, 0.15) is 19.8 Å². The molecule has 1 aliphatic carbocycles. The molecule has 1 heterocycles. The third-order valence-corrected chi connectivity index (χ3v) is 2.53. The molecule has 0 bridgehead atoms. The molecule has 1 nitrogen and oxygen atoms in total. The van der Waals surface area contributed by atoms with Gasteiger partial charge in [-0.25, -0.2) is 0 Å². The van der Waals surface area contributed by atoms with E-state index in [4.69, 9.17) is 4.74 Å². The van der Waals surface area contributed by atoms with Gasteiger partial charge >= 0.3 is 0 Å². The number of hydrogen-bond acceptors (Lipinski definition) is 1. The summed E-state index contributed by atoms with van der Waals surface area (Å²) in [7, 11) is 0. The van der Waals surface area contributed by atoms with E-state index < -0.39 is 0 Å². The summed E-state index contributed by atoms with van der Waals surface area (Å²) in [6, 6.07) is 0. The molecule has 60 valence electrons. The molecule has 0 amide bonds. The molecule has 1 saturated heterocycles. The summed E-state index contributed by atoms with van der Waals surface area (Å²) in [5.74, 6) is 0.711. The van der Waals surface area contributed by atoms with Gasteiger partial charge in [0.1, 0.15) is 6.10 Å². The van der Waals surface area contributed by atoms with Crippen molar-refractivity contribution in [2.45, 2.75) is 32.0 Å². The molecular weight excluding hydrogens is 136 g/mol. The van der Waals surface area contributed by atoms with Crippen LogP contribution in [-0.2, 0) is 4.74 Å². The molecule has 1 heteroatoms. The van der Waals surface area contributed by atoms with E-state index in [1.54, 1.807) is 0 Å². The first-order chi connectivity index (χ1) is 5.31. The number of epoxide rings is 1. The fourth-order valence-corrected chi connectivity index (χ4v) is 1.96. The van der Waals surface area contributed by atoms with Gasteiger partial charge in [-0.05, 0) is 25.7 Å². The van der Waals surface area contributed by atoms with Crippen LogP contribution in [0.15, 0.2) is 24.3 Å². The van der Waals surface area contributed by atoms with Crippen LogP contribution in [-0.4, -0.2) is 12.2 Å². The Morgan fingerprint density at radius 1 is 1.82 bits per heavy atom. The highest BCUT2D eigenvalue weighted by Crippen LogP contribution is 2.40. The van der Waals surface area contributed by atoms with E-state index in [0.717, 1.165) is 6.42 Å². The van der Waals surface area contributed by atoms with Crippen LogP contribution < -0.4 is 0 Å². The minimum Gasteiger partial charge on any atom is -0.365 e. The minimum atomic E-state index is 0.452. The third kappa shape index (κ3) is 1.25. The van der Waals surface area contributed by atoms with Gasteiger partial charge in [-0.2, -0.15) is 0 Å². The Kier molecular flexibility index (Phi) is 1.61. The summed E-state index contributed by atoms with van der Waals surface area (Å²) < 4.78 is 5.49. The number of ether oxygens (including phenoxy) is 1. The Labute approximate surface area is 67.7 Å². The molecule has 0 radical (unpaired) electrons. The van der Waals surface area contributed by atoms with Crippen LogP contribution in [0.5, 0.6) is 0 Å². The normalized spacial score (nSPS) is 40.8. The van der Waals surface area contributed by atoms with Crippen molar-refractivity contribution >= 4 is 0 Å². The van der Waals surface area contributed by atoms with Crippen LogP contribution in [0, 0.1) is 5.92 Å². The quantitative estimate of drug-likeness (QED) is 0.434. The Morgan fingerprint density at radius 3 is 3.36 bits per heavy atom. The van der Waals surface area contributed by atoms with Crippen molar-refractivity contribution in [2.75, 3.05) is 0 Å². The first-order valence-electron chi connectivity index (χ1n) is 4.25. The standard InChI is InChI=1S/C10H14O/c1-3-4-8-5-7(2)6-9-10(8)11-9/h3,6,8-10H,1,4-5H2,2H3/t8-,9+,10-/m0/s1. The summed E-state index contributed by atoms with van der Waals surface area (Å²) in [5.41, 5.74) is 1.48. The maximum atomic E-state index is 5.49. The second-order valence-corrected chi connectivity index (χ2v) is 3.57. The minimum absolute atomic E-state index is 0.452. The van der Waals surface area contributed by atoms with Crippen molar-refractivity contribution in [1.29, 1.82) is 0 Å². The van der Waals surface area contributed by atoms with Crippen molar-refractivity contribution in [2.24, 2.45) is 5.92 Å². The number of allylic oxidation sites excluding steroid dienone is 2. The summed E-state index contributed by atoms with van der Waals surface area (Å²) >= 11 is 0. The zero-order valence-electron chi connectivity index (χ0n) is 6.92. The molecule has 3 atom stereocenters. The Hall–Kier alpha value is -0.560. The molecule has 11 heavy (non-hydrogen) atoms. The molecule has 0 spiro atoms. The van der Waals surface area contributed by atoms with Gasteiger partial charge in [-0.3, -0.25) is 0 Å². The van der Waals surface area contributed by atoms with Crippen LogP contribution in [0.25, 0.3) is 0 Å². The zero-order chi connectivity index (χ0) is 7.84. The monoisotopic (exact) mass is 150 g/mol. The predicted octanol–water partition coefficient (Wildman–Crippen LogP) is 2.30. The average Bonchev–Trinajstić information content (AvgIpc) is 2.66. The van der Waals surface area contributed by atoms with E-state index in [2.05, 4.69) is 19.6 Å². The fourth-order valence-electron chi connectivity index (χ4n) is 1.96. The number of hydrogen-bond donors (Lipinski definition) is 0. The molecule has 2 aliphatic rings. The molecule has 0 saturated carbocycles. The largest absolute Gasteiger partial charge is 0.365 e. The van der Waals surface area contributed by atoms with Gasteiger partial charge in [0.15, 0.2) is 0 Å². The zero-order valence-corrected chi connectivity index (χ0v) is 6.92. The lowest BCUT2D eigenvalue weighted by Crippen LogP contribution is -2.14. The molecule has 0 aromatic carbocycles. The third-order valence-electron chi connectivity index (χ3n) is 2.53. The van der Waals surface area contributed by atoms with Gasteiger partial charge < -0.3 is 4.74 Å². The fraction of sp³-hybridized carbons (Fsp3) is 0.600. The first-order valence-corrected chi connectivity index (χ1v) is 4.25. The summed E-state index contributed by atoms with van der Waals surface area (Å²) in [4.78, 5) is 0. The van der Waals surface area contributed by atoms with Gasteiger partial charge in [0.2, 0.25) is 0 Å². The van der Waals surface area contributed by atoms with E-state index in [9.17, 15) is 0 Å². The molecule has 0 N–H and O–H groups in total. The van der Waals surface area contributed by atoms with Crippen molar-refractivity contribution < 1.29 is 4.74 Å². The Morgan fingerprint density at radius 2 is 2.64 bits per heavy atom. The summed E-state index contributed by atoms with van der Waals surface area (Å²) in [6.45, 7) is 5.95. The summed E-state index contributed by atoms with van der Waals surface area (Å²) in [6.07, 6.45) is 7.54. The van der Waals surface area contributed by atoms with E-state index in [1.807, 2.05) is 6.08 Å². The maximum Gasteiger partial charge on any atom is 0.103 e. The second kappa shape index (κ2) is 2.49. The van der Waals surface area contributed by atoms with Crippen molar-refractivity contribution in [3.63, 3.8) is 0 Å². The van der Waals surface area contributed by atoms with Crippen LogP contribution in [0.2, 0.25) is 0 Å². The van der Waals surface area contributed by atoms with Crippen LogP contribution in [0.4, 0.5) is 0 Å². The van der Waals surface area contributed by atoms with E-state index >= 15 is 0 Å². The number of fused-ring (bicyclic) bond motifs is 1. The highest BCUT2D eigenvalue weighted by Gasteiger charge is 2.45. The van der Waals surface area contributed by atoms with Crippen LogP contribution in [0.3, 0.4) is 0 Å².